The van der Waals surface area contributed by atoms with Crippen LogP contribution in [0.25, 0.3) is 10.8 Å². The number of aliphatic hydroxyl groups excluding tert-OH is 1. The van der Waals surface area contributed by atoms with Gasteiger partial charge in [-0.2, -0.15) is 0 Å². The van der Waals surface area contributed by atoms with Gasteiger partial charge in [0.05, 0.1) is 25.7 Å². The highest BCUT2D eigenvalue weighted by Crippen LogP contribution is 2.67. The molecule has 0 aromatic heterocycles. The smallest absolute Gasteiger partial charge is 0.202 e. The number of aromatic hydroxyl groups is 1. The summed E-state index contributed by atoms with van der Waals surface area (Å²) >= 11 is 0. The van der Waals surface area contributed by atoms with Crippen LogP contribution in [0.4, 0.5) is 0 Å². The van der Waals surface area contributed by atoms with Gasteiger partial charge in [-0.3, -0.25) is 0 Å². The quantitative estimate of drug-likeness (QED) is 0.620. The van der Waals surface area contributed by atoms with E-state index in [1.54, 1.807) is 0 Å². The van der Waals surface area contributed by atoms with Crippen LogP contribution in [-0.2, 0) is 20.9 Å². The zero-order chi connectivity index (χ0) is 20.5. The fourth-order valence-corrected chi connectivity index (χ4v) is 5.65. The van der Waals surface area contributed by atoms with Gasteiger partial charge in [0, 0.05) is 27.5 Å². The Balaban J connectivity index is 1.75. The van der Waals surface area contributed by atoms with Crippen molar-refractivity contribution in [1.82, 2.24) is 0 Å². The number of aliphatic hydroxyl groups is 2. The predicted molar refractivity (Wildman–Crippen MR) is 109 cm³/mol. The van der Waals surface area contributed by atoms with Gasteiger partial charge < -0.3 is 29.5 Å². The maximum absolute atomic E-state index is 12.0. The second-order valence-corrected chi connectivity index (χ2v) is 8.11. The lowest BCUT2D eigenvalue weighted by molar-refractivity contribution is -0.198. The molecule has 1 aliphatic heterocycles. The van der Waals surface area contributed by atoms with E-state index in [-0.39, 0.29) is 24.9 Å². The van der Waals surface area contributed by atoms with Crippen LogP contribution in [0.1, 0.15) is 34.6 Å². The van der Waals surface area contributed by atoms with Crippen molar-refractivity contribution in [2.24, 2.45) is 0 Å². The van der Waals surface area contributed by atoms with Crippen LogP contribution in [0.15, 0.2) is 48.5 Å². The Labute approximate surface area is 173 Å². The number of ether oxygens (including phenoxy) is 3. The molecule has 0 radical (unpaired) electrons. The lowest BCUT2D eigenvalue weighted by atomic mass is 9.74. The fourth-order valence-electron chi connectivity index (χ4n) is 5.65. The van der Waals surface area contributed by atoms with Crippen molar-refractivity contribution in [2.45, 2.75) is 23.7 Å². The molecular formula is C24H22O6. The Morgan fingerprint density at radius 3 is 2.37 bits per heavy atom. The van der Waals surface area contributed by atoms with Crippen molar-refractivity contribution >= 4 is 10.8 Å². The molecule has 0 saturated carbocycles. The molecule has 0 amide bonds. The van der Waals surface area contributed by atoms with E-state index in [2.05, 4.69) is 0 Å². The van der Waals surface area contributed by atoms with Gasteiger partial charge in [-0.25, -0.2) is 0 Å². The Hall–Kier alpha value is -2.64. The molecule has 2 bridgehead atoms. The zero-order valence-corrected chi connectivity index (χ0v) is 16.3. The standard InChI is InChI=1S/C24H22O6/c25-9-10-28-22-15-6-2-1-5-14(15)21(26)20-19(22)18-13-23(20,27)16-7-3-4-8-17(16)24(18)29-11-12-30-24/h1-8,18,25-27H,9-13H2. The lowest BCUT2D eigenvalue weighted by Gasteiger charge is -2.42. The summed E-state index contributed by atoms with van der Waals surface area (Å²) in [6, 6.07) is 15.0. The second-order valence-electron chi connectivity index (χ2n) is 8.11. The monoisotopic (exact) mass is 406 g/mol. The van der Waals surface area contributed by atoms with Crippen LogP contribution in [0.3, 0.4) is 0 Å². The molecule has 3 aromatic rings. The van der Waals surface area contributed by atoms with E-state index in [1.165, 1.54) is 0 Å². The molecular weight excluding hydrogens is 384 g/mol. The van der Waals surface area contributed by atoms with Crippen LogP contribution in [0, 0.1) is 0 Å². The summed E-state index contributed by atoms with van der Waals surface area (Å²) in [6.07, 6.45) is 0.318. The van der Waals surface area contributed by atoms with E-state index >= 15 is 0 Å². The van der Waals surface area contributed by atoms with Crippen LogP contribution < -0.4 is 4.74 Å². The molecule has 3 aliphatic rings. The number of rotatable bonds is 3. The summed E-state index contributed by atoms with van der Waals surface area (Å²) in [5.74, 6) is -0.800. The Morgan fingerprint density at radius 2 is 1.63 bits per heavy atom. The van der Waals surface area contributed by atoms with E-state index in [0.717, 1.165) is 10.9 Å². The molecule has 1 fully saturated rings. The number of hydrogen-bond acceptors (Lipinski definition) is 6. The Morgan fingerprint density at radius 1 is 0.967 bits per heavy atom. The Bertz CT molecular complexity index is 1170. The van der Waals surface area contributed by atoms with E-state index in [9.17, 15) is 15.3 Å². The third-order valence-corrected chi connectivity index (χ3v) is 6.70. The summed E-state index contributed by atoms with van der Waals surface area (Å²) in [6.45, 7) is 0.862. The van der Waals surface area contributed by atoms with Gasteiger partial charge in [-0.15, -0.1) is 0 Å². The van der Waals surface area contributed by atoms with Gasteiger partial charge in [0.25, 0.3) is 0 Å². The molecule has 3 N–H and O–H groups in total. The summed E-state index contributed by atoms with van der Waals surface area (Å²) < 4.78 is 18.5. The first kappa shape index (κ1) is 18.2. The van der Waals surface area contributed by atoms with Gasteiger partial charge in [0.1, 0.15) is 23.7 Å². The van der Waals surface area contributed by atoms with E-state index in [1.807, 2.05) is 48.5 Å². The maximum atomic E-state index is 12.0. The first-order chi connectivity index (χ1) is 14.6. The van der Waals surface area contributed by atoms with Crippen molar-refractivity contribution in [1.29, 1.82) is 0 Å². The molecule has 6 nitrogen and oxygen atoms in total. The van der Waals surface area contributed by atoms with Crippen molar-refractivity contribution in [3.05, 3.63) is 70.8 Å². The molecule has 1 saturated heterocycles. The molecule has 1 heterocycles. The lowest BCUT2D eigenvalue weighted by Crippen LogP contribution is -2.42. The summed E-state index contributed by atoms with van der Waals surface area (Å²) in [5, 5.41) is 34.1. The Kier molecular flexibility index (Phi) is 3.74. The van der Waals surface area contributed by atoms with Gasteiger partial charge in [-0.1, -0.05) is 48.5 Å². The first-order valence-corrected chi connectivity index (χ1v) is 10.2. The average Bonchev–Trinajstić information content (AvgIpc) is 3.36. The topological polar surface area (TPSA) is 88.4 Å². The molecule has 154 valence electrons. The van der Waals surface area contributed by atoms with Gasteiger partial charge >= 0.3 is 0 Å². The number of phenolic OH excluding ortho intramolecular Hbond substituents is 1. The highest BCUT2D eigenvalue weighted by molar-refractivity contribution is 5.97. The maximum Gasteiger partial charge on any atom is 0.202 e. The highest BCUT2D eigenvalue weighted by Gasteiger charge is 2.64. The second kappa shape index (κ2) is 6.18. The first-order valence-electron chi connectivity index (χ1n) is 10.2. The molecule has 1 spiro atoms. The average molecular weight is 406 g/mol. The van der Waals surface area contributed by atoms with E-state index in [0.29, 0.717) is 47.5 Å². The van der Waals surface area contributed by atoms with Crippen LogP contribution >= 0.6 is 0 Å². The minimum Gasteiger partial charge on any atom is -0.507 e. The van der Waals surface area contributed by atoms with Gasteiger partial charge in [-0.05, 0) is 12.0 Å². The number of benzene rings is 3. The SMILES string of the molecule is OCCOc1c2c(c(O)c3ccccc13)C1(O)CC2C2(OCCO2)c2ccccc21. The van der Waals surface area contributed by atoms with Crippen molar-refractivity contribution in [3.63, 3.8) is 0 Å². The van der Waals surface area contributed by atoms with Crippen molar-refractivity contribution in [3.8, 4) is 11.5 Å². The minimum atomic E-state index is -1.39. The molecule has 2 unspecified atom stereocenters. The third kappa shape index (κ3) is 2.07. The van der Waals surface area contributed by atoms with Gasteiger partial charge in [0.15, 0.2) is 0 Å². The van der Waals surface area contributed by atoms with Crippen LogP contribution in [0.2, 0.25) is 0 Å². The molecule has 30 heavy (non-hydrogen) atoms. The third-order valence-electron chi connectivity index (χ3n) is 6.70. The molecule has 3 aromatic carbocycles. The van der Waals surface area contributed by atoms with E-state index < -0.39 is 11.4 Å². The van der Waals surface area contributed by atoms with Crippen molar-refractivity contribution < 1.29 is 29.5 Å². The van der Waals surface area contributed by atoms with Crippen LogP contribution in [-0.4, -0.2) is 41.7 Å². The van der Waals surface area contributed by atoms with Crippen molar-refractivity contribution in [2.75, 3.05) is 26.4 Å². The zero-order valence-electron chi connectivity index (χ0n) is 16.3. The fraction of sp³-hybridized carbons (Fsp3) is 0.333. The number of fused-ring (bicyclic) bond motifs is 5. The van der Waals surface area contributed by atoms with Gasteiger partial charge in [0.2, 0.25) is 5.79 Å². The molecule has 2 atom stereocenters. The summed E-state index contributed by atoms with van der Waals surface area (Å²) in [4.78, 5) is 0. The normalized spacial score (nSPS) is 25.5. The largest absolute Gasteiger partial charge is 0.507 e. The summed E-state index contributed by atoms with van der Waals surface area (Å²) in [5.41, 5.74) is 1.22. The number of phenols is 1. The minimum absolute atomic E-state index is 0.0480. The molecule has 2 aliphatic carbocycles. The number of hydrogen-bond donors (Lipinski definition) is 3. The highest BCUT2D eigenvalue weighted by atomic mass is 16.7. The van der Waals surface area contributed by atoms with Crippen LogP contribution in [0.5, 0.6) is 11.5 Å². The molecule has 6 rings (SSSR count). The molecule has 6 heteroatoms. The summed E-state index contributed by atoms with van der Waals surface area (Å²) in [7, 11) is 0. The predicted octanol–water partition coefficient (Wildman–Crippen LogP) is 2.85. The van der Waals surface area contributed by atoms with E-state index in [4.69, 9.17) is 14.2 Å².